The van der Waals surface area contributed by atoms with Gasteiger partial charge in [-0.1, -0.05) is 159 Å². The van der Waals surface area contributed by atoms with Crippen molar-refractivity contribution >= 4 is 70.5 Å². The van der Waals surface area contributed by atoms with Gasteiger partial charge >= 0.3 is 0 Å². The molecule has 2 aliphatic carbocycles. The smallest absolute Gasteiger partial charge is 0.139 e. The van der Waals surface area contributed by atoms with Crippen LogP contribution in [-0.4, -0.2) is 0 Å². The third-order valence-corrected chi connectivity index (χ3v) is 15.4. The zero-order valence-corrected chi connectivity index (χ0v) is 35.6. The fourth-order valence-corrected chi connectivity index (χ4v) is 12.3. The van der Waals surface area contributed by atoms with Gasteiger partial charge in [0.15, 0.2) is 0 Å². The molecule has 0 spiro atoms. The maximum absolute atomic E-state index is 7.12. The molecule has 0 amide bonds. The van der Waals surface area contributed by atoms with E-state index in [-0.39, 0.29) is 10.8 Å². The van der Waals surface area contributed by atoms with E-state index in [2.05, 4.69) is 220 Å². The number of hydrogen-bond acceptors (Lipinski definition) is 3. The maximum Gasteiger partial charge on any atom is 0.139 e. The van der Waals surface area contributed by atoms with E-state index in [0.29, 0.717) is 0 Å². The van der Waals surface area contributed by atoms with Crippen LogP contribution < -0.4 is 4.90 Å². The first-order valence-corrected chi connectivity index (χ1v) is 22.4. The van der Waals surface area contributed by atoms with E-state index < -0.39 is 0 Å². The molecule has 2 nitrogen and oxygen atoms in total. The minimum atomic E-state index is -0.369. The van der Waals surface area contributed by atoms with Crippen LogP contribution in [0.2, 0.25) is 0 Å². The van der Waals surface area contributed by atoms with Crippen LogP contribution in [0, 0.1) is 0 Å². The molecule has 0 saturated heterocycles. The summed E-state index contributed by atoms with van der Waals surface area (Å²) in [5.74, 6) is 0. The molecule has 11 aromatic rings. The molecule has 3 heteroatoms. The van der Waals surface area contributed by atoms with E-state index in [9.17, 15) is 0 Å². The average Bonchev–Trinajstić information content (AvgIpc) is 4.03. The lowest BCUT2D eigenvalue weighted by Crippen LogP contribution is -2.22. The van der Waals surface area contributed by atoms with Crippen molar-refractivity contribution in [3.8, 4) is 33.4 Å². The summed E-state index contributed by atoms with van der Waals surface area (Å²) in [4.78, 5) is 2.40. The van der Waals surface area contributed by atoms with Crippen molar-refractivity contribution in [3.05, 3.63) is 222 Å². The lowest BCUT2D eigenvalue weighted by atomic mass is 9.74. The highest BCUT2D eigenvalue weighted by Crippen LogP contribution is 2.55. The topological polar surface area (TPSA) is 16.4 Å². The Kier molecular flexibility index (Phi) is 7.40. The third-order valence-electron chi connectivity index (χ3n) is 14.2. The molecule has 2 heterocycles. The van der Waals surface area contributed by atoms with Crippen molar-refractivity contribution in [2.45, 2.75) is 31.6 Å². The Bertz CT molecular complexity index is 3590. The predicted octanol–water partition coefficient (Wildman–Crippen LogP) is 16.7. The molecule has 2 aromatic heterocycles. The van der Waals surface area contributed by atoms with Crippen LogP contribution in [0.4, 0.5) is 17.1 Å². The van der Waals surface area contributed by atoms with Gasteiger partial charge in [0.05, 0.1) is 0 Å². The van der Waals surface area contributed by atoms with Crippen LogP contribution in [0.15, 0.2) is 199 Å². The van der Waals surface area contributed by atoms with Gasteiger partial charge in [-0.25, -0.2) is 0 Å². The number of benzene rings is 9. The normalized spacial score (nSPS) is 14.3. The van der Waals surface area contributed by atoms with Crippen LogP contribution in [-0.2, 0) is 10.8 Å². The molecule has 0 aliphatic heterocycles. The number of nitrogens with zero attached hydrogens (tertiary/aromatic N) is 1. The van der Waals surface area contributed by atoms with Gasteiger partial charge in [-0.2, -0.15) is 0 Å². The third kappa shape index (κ3) is 4.86. The summed E-state index contributed by atoms with van der Waals surface area (Å²) >= 11 is 1.88. The van der Waals surface area contributed by atoms with Crippen LogP contribution in [0.5, 0.6) is 0 Å². The van der Waals surface area contributed by atoms with Crippen molar-refractivity contribution in [1.82, 2.24) is 0 Å². The van der Waals surface area contributed by atoms with E-state index in [1.807, 2.05) is 11.3 Å². The number of thiophene rings is 1. The molecule has 0 radical (unpaired) electrons. The summed E-state index contributed by atoms with van der Waals surface area (Å²) in [7, 11) is 0. The Morgan fingerprint density at radius 1 is 0.403 bits per heavy atom. The molecule has 294 valence electrons. The molecule has 0 fully saturated rings. The minimum absolute atomic E-state index is 0.132. The van der Waals surface area contributed by atoms with Gasteiger partial charge < -0.3 is 9.32 Å². The molecule has 0 bridgehead atoms. The lowest BCUT2D eigenvalue weighted by Gasteiger charge is -2.28. The quantitative estimate of drug-likeness (QED) is 0.172. The number of fused-ring (bicyclic) bond motifs is 12. The molecular formula is C59H41NOS. The van der Waals surface area contributed by atoms with Crippen LogP contribution in [0.3, 0.4) is 0 Å². The SMILES string of the molecule is CC1(C)c2ccccc2-c2ccc(N(c3ccc(-c4cccc5c4sc4ccccc45)cc3)c3ccc4c(c3)oc3c(C5(C)c6ccccc6-c6ccccc65)cccc34)cc21. The first-order valence-electron chi connectivity index (χ1n) is 21.6. The highest BCUT2D eigenvalue weighted by molar-refractivity contribution is 7.26. The highest BCUT2D eigenvalue weighted by atomic mass is 32.1. The van der Waals surface area contributed by atoms with Crippen molar-refractivity contribution in [1.29, 1.82) is 0 Å². The second-order valence-electron chi connectivity index (χ2n) is 17.7. The van der Waals surface area contributed by atoms with E-state index >= 15 is 0 Å². The number of rotatable bonds is 5. The number of anilines is 3. The van der Waals surface area contributed by atoms with Gasteiger partial charge in [0.2, 0.25) is 0 Å². The molecule has 9 aromatic carbocycles. The van der Waals surface area contributed by atoms with Gasteiger partial charge in [0.1, 0.15) is 11.2 Å². The molecular weight excluding hydrogens is 771 g/mol. The zero-order valence-electron chi connectivity index (χ0n) is 34.7. The number of hydrogen-bond donors (Lipinski definition) is 0. The van der Waals surface area contributed by atoms with Gasteiger partial charge in [-0.15, -0.1) is 11.3 Å². The Hall–Kier alpha value is -7.20. The second-order valence-corrected chi connectivity index (χ2v) is 18.8. The summed E-state index contributed by atoms with van der Waals surface area (Å²) in [5.41, 5.74) is 18.8. The molecule has 2 aliphatic rings. The fraction of sp³-hybridized carbons (Fsp3) is 0.0847. The fourth-order valence-electron chi connectivity index (χ4n) is 11.1. The Labute approximate surface area is 365 Å². The summed E-state index contributed by atoms with van der Waals surface area (Å²) in [5, 5.41) is 4.88. The number of furan rings is 1. The molecule has 13 rings (SSSR count). The molecule has 0 unspecified atom stereocenters. The molecule has 62 heavy (non-hydrogen) atoms. The van der Waals surface area contributed by atoms with Crippen LogP contribution in [0.25, 0.3) is 75.5 Å². The van der Waals surface area contributed by atoms with Crippen molar-refractivity contribution < 1.29 is 4.42 Å². The zero-order chi connectivity index (χ0) is 41.3. The summed E-state index contributed by atoms with van der Waals surface area (Å²) < 4.78 is 9.77. The largest absolute Gasteiger partial charge is 0.456 e. The van der Waals surface area contributed by atoms with Gasteiger partial charge in [0.25, 0.3) is 0 Å². The van der Waals surface area contributed by atoms with Crippen molar-refractivity contribution in [2.75, 3.05) is 4.90 Å². The van der Waals surface area contributed by atoms with Gasteiger partial charge in [-0.3, -0.25) is 0 Å². The highest BCUT2D eigenvalue weighted by Gasteiger charge is 2.42. The Morgan fingerprint density at radius 2 is 0.952 bits per heavy atom. The summed E-state index contributed by atoms with van der Waals surface area (Å²) in [6.45, 7) is 7.08. The predicted molar refractivity (Wildman–Crippen MR) is 262 cm³/mol. The summed E-state index contributed by atoms with van der Waals surface area (Å²) in [6.07, 6.45) is 0. The lowest BCUT2D eigenvalue weighted by molar-refractivity contribution is 0.638. The molecule has 0 saturated carbocycles. The summed E-state index contributed by atoms with van der Waals surface area (Å²) in [6, 6.07) is 71.7. The van der Waals surface area contributed by atoms with Gasteiger partial charge in [-0.05, 0) is 105 Å². The van der Waals surface area contributed by atoms with Crippen LogP contribution >= 0.6 is 11.3 Å². The van der Waals surface area contributed by atoms with Crippen molar-refractivity contribution in [3.63, 3.8) is 0 Å². The first kappa shape index (κ1) is 35.5. The Balaban J connectivity index is 0.978. The first-order chi connectivity index (χ1) is 30.4. The average molecular weight is 812 g/mol. The van der Waals surface area contributed by atoms with Gasteiger partial charge in [0, 0.05) is 70.5 Å². The second kappa shape index (κ2) is 12.9. The molecule has 0 atom stereocenters. The van der Waals surface area contributed by atoms with E-state index in [0.717, 1.165) is 39.0 Å². The number of para-hydroxylation sites is 1. The monoisotopic (exact) mass is 811 g/mol. The van der Waals surface area contributed by atoms with E-state index in [1.165, 1.54) is 81.4 Å². The van der Waals surface area contributed by atoms with E-state index in [1.54, 1.807) is 0 Å². The van der Waals surface area contributed by atoms with Crippen LogP contribution in [0.1, 0.15) is 48.6 Å². The van der Waals surface area contributed by atoms with E-state index in [4.69, 9.17) is 4.42 Å². The standard InChI is InChI=1S/C59H41NOS/c1-58(2)49-21-8-4-14-41(49)44-32-30-38(34-53(44)58)60(37-28-26-36(27-29-37)40-18-12-20-48-46-17-7-11-25-55(46)62-57(40)48)39-31-33-45-47-19-13-24-52(56(47)61-54(45)35-39)59(3)50-22-9-5-15-42(50)43-16-6-10-23-51(43)59/h4-35H,1-3H3. The molecule has 0 N–H and O–H groups in total. The minimum Gasteiger partial charge on any atom is -0.456 e. The van der Waals surface area contributed by atoms with Crippen molar-refractivity contribution in [2.24, 2.45) is 0 Å². The maximum atomic E-state index is 7.12. The Morgan fingerprint density at radius 3 is 1.73 bits per heavy atom.